The van der Waals surface area contributed by atoms with Crippen LogP contribution in [0.15, 0.2) is 36.4 Å². The number of alkyl halides is 3. The predicted molar refractivity (Wildman–Crippen MR) is 93.8 cm³/mol. The number of ether oxygens (including phenoxy) is 3. The van der Waals surface area contributed by atoms with Crippen molar-refractivity contribution in [2.75, 3.05) is 19.0 Å². The fourth-order valence-electron chi connectivity index (χ4n) is 2.08. The molecule has 0 spiro atoms. The predicted octanol–water partition coefficient (Wildman–Crippen LogP) is 3.36. The first-order valence-electron chi connectivity index (χ1n) is 7.55. The summed E-state index contributed by atoms with van der Waals surface area (Å²) >= 11 is 6.07. The lowest BCUT2D eigenvalue weighted by molar-refractivity contribution is -0.274. The number of carbonyl (C=O) groups is 2. The molecule has 28 heavy (non-hydrogen) atoms. The average molecular weight is 419 g/mol. The van der Waals surface area contributed by atoms with Gasteiger partial charge < -0.3 is 25.3 Å². The van der Waals surface area contributed by atoms with Crippen LogP contribution in [-0.4, -0.2) is 31.9 Å². The van der Waals surface area contributed by atoms with Gasteiger partial charge in [-0.2, -0.15) is 0 Å². The zero-order valence-electron chi connectivity index (χ0n) is 14.3. The molecule has 7 nitrogen and oxygen atoms in total. The van der Waals surface area contributed by atoms with E-state index in [4.69, 9.17) is 26.8 Å². The van der Waals surface area contributed by atoms with Crippen molar-refractivity contribution in [2.24, 2.45) is 5.73 Å². The van der Waals surface area contributed by atoms with Gasteiger partial charge in [0, 0.05) is 11.3 Å². The van der Waals surface area contributed by atoms with Gasteiger partial charge in [-0.05, 0) is 36.4 Å². The van der Waals surface area contributed by atoms with Crippen molar-refractivity contribution in [3.63, 3.8) is 0 Å². The molecule has 2 rings (SSSR count). The maximum absolute atomic E-state index is 12.4. The summed E-state index contributed by atoms with van der Waals surface area (Å²) in [6.45, 7) is -0.437. The third-order valence-electron chi connectivity index (χ3n) is 3.20. The van der Waals surface area contributed by atoms with E-state index >= 15 is 0 Å². The Hall–Kier alpha value is -3.14. The lowest BCUT2D eigenvalue weighted by Gasteiger charge is -2.13. The standard InChI is InChI=1S/C17H14ClF3N2O5/c1-26-13-7-9(6-12(18)15(13)27-8-14(22)24)16(25)23-10-2-4-11(5-3-10)28-17(19,20)21/h2-7H,8H2,1H3,(H2,22,24)(H,23,25). The van der Waals surface area contributed by atoms with Gasteiger partial charge in [-0.3, -0.25) is 9.59 Å². The van der Waals surface area contributed by atoms with E-state index in [1.165, 1.54) is 31.4 Å². The molecule has 0 saturated carbocycles. The summed E-state index contributed by atoms with van der Waals surface area (Å²) in [5.41, 5.74) is 5.32. The maximum Gasteiger partial charge on any atom is 0.573 e. The number of primary amides is 1. The summed E-state index contributed by atoms with van der Waals surface area (Å²) in [5.74, 6) is -1.63. The number of nitrogens with two attached hydrogens (primary N) is 1. The molecule has 2 amide bonds. The Labute approximate surface area is 162 Å². The zero-order chi connectivity index (χ0) is 20.9. The molecule has 0 fully saturated rings. The number of carbonyl (C=O) groups excluding carboxylic acids is 2. The minimum Gasteiger partial charge on any atom is -0.493 e. The van der Waals surface area contributed by atoms with Crippen molar-refractivity contribution in [1.82, 2.24) is 0 Å². The quantitative estimate of drug-likeness (QED) is 0.718. The molecule has 0 saturated heterocycles. The molecular weight excluding hydrogens is 405 g/mol. The average Bonchev–Trinajstić information content (AvgIpc) is 2.60. The van der Waals surface area contributed by atoms with Crippen LogP contribution in [0.4, 0.5) is 18.9 Å². The number of rotatable bonds is 7. The molecule has 0 aromatic heterocycles. The summed E-state index contributed by atoms with van der Waals surface area (Å²) in [7, 11) is 1.31. The SMILES string of the molecule is COc1cc(C(=O)Nc2ccc(OC(F)(F)F)cc2)cc(Cl)c1OCC(N)=O. The third-order valence-corrected chi connectivity index (χ3v) is 3.48. The smallest absolute Gasteiger partial charge is 0.493 e. The van der Waals surface area contributed by atoms with Gasteiger partial charge in [0.25, 0.3) is 11.8 Å². The lowest BCUT2D eigenvalue weighted by atomic mass is 10.1. The molecule has 0 radical (unpaired) electrons. The van der Waals surface area contributed by atoms with E-state index in [9.17, 15) is 22.8 Å². The molecule has 2 aromatic carbocycles. The first-order chi connectivity index (χ1) is 13.1. The highest BCUT2D eigenvalue weighted by Gasteiger charge is 2.31. The number of amides is 2. The largest absolute Gasteiger partial charge is 0.573 e. The molecule has 0 bridgehead atoms. The number of methoxy groups -OCH3 is 1. The molecule has 0 aliphatic rings. The van der Waals surface area contributed by atoms with Crippen LogP contribution < -0.4 is 25.3 Å². The minimum atomic E-state index is -4.81. The highest BCUT2D eigenvalue weighted by Crippen LogP contribution is 2.36. The van der Waals surface area contributed by atoms with Gasteiger partial charge in [0.15, 0.2) is 18.1 Å². The van der Waals surface area contributed by atoms with Crippen LogP contribution in [0.3, 0.4) is 0 Å². The topological polar surface area (TPSA) is 99.9 Å². The Balaban J connectivity index is 2.15. The fraction of sp³-hybridized carbons (Fsp3) is 0.176. The van der Waals surface area contributed by atoms with Gasteiger partial charge in [-0.15, -0.1) is 13.2 Å². The van der Waals surface area contributed by atoms with Crippen molar-refractivity contribution >= 4 is 29.1 Å². The lowest BCUT2D eigenvalue weighted by Crippen LogP contribution is -2.20. The van der Waals surface area contributed by atoms with E-state index in [-0.39, 0.29) is 27.8 Å². The first-order valence-corrected chi connectivity index (χ1v) is 7.92. The molecule has 11 heteroatoms. The Morgan fingerprint density at radius 3 is 2.36 bits per heavy atom. The highest BCUT2D eigenvalue weighted by atomic mass is 35.5. The molecule has 150 valence electrons. The van der Waals surface area contributed by atoms with Gasteiger partial charge >= 0.3 is 6.36 Å². The molecule has 3 N–H and O–H groups in total. The molecule has 2 aromatic rings. The van der Waals surface area contributed by atoms with E-state index < -0.39 is 30.5 Å². The van der Waals surface area contributed by atoms with Crippen LogP contribution in [0.1, 0.15) is 10.4 Å². The van der Waals surface area contributed by atoms with Crippen molar-refractivity contribution in [2.45, 2.75) is 6.36 Å². The van der Waals surface area contributed by atoms with Crippen molar-refractivity contribution < 1.29 is 37.0 Å². The Kier molecular flexibility index (Phi) is 6.57. The monoisotopic (exact) mass is 418 g/mol. The van der Waals surface area contributed by atoms with Crippen LogP contribution in [-0.2, 0) is 4.79 Å². The highest BCUT2D eigenvalue weighted by molar-refractivity contribution is 6.32. The van der Waals surface area contributed by atoms with Crippen molar-refractivity contribution in [1.29, 1.82) is 0 Å². The second-order valence-electron chi connectivity index (χ2n) is 5.27. The number of anilines is 1. The first kappa shape index (κ1) is 21.2. The van der Waals surface area contributed by atoms with Crippen LogP contribution in [0, 0.1) is 0 Å². The molecule has 0 unspecified atom stereocenters. The van der Waals surface area contributed by atoms with E-state index in [1.54, 1.807) is 0 Å². The third kappa shape index (κ3) is 5.95. The van der Waals surface area contributed by atoms with Gasteiger partial charge in [0.1, 0.15) is 5.75 Å². The number of hydrogen-bond donors (Lipinski definition) is 2. The van der Waals surface area contributed by atoms with Crippen molar-refractivity contribution in [3.05, 3.63) is 47.0 Å². The van der Waals surface area contributed by atoms with Crippen LogP contribution >= 0.6 is 11.6 Å². The maximum atomic E-state index is 12.4. The molecule has 0 aliphatic carbocycles. The number of benzene rings is 2. The van der Waals surface area contributed by atoms with Gasteiger partial charge in [0.05, 0.1) is 12.1 Å². The van der Waals surface area contributed by atoms with Crippen LogP contribution in [0.5, 0.6) is 17.2 Å². The van der Waals surface area contributed by atoms with E-state index in [0.717, 1.165) is 12.1 Å². The van der Waals surface area contributed by atoms with Crippen LogP contribution in [0.25, 0.3) is 0 Å². The Morgan fingerprint density at radius 1 is 1.18 bits per heavy atom. The van der Waals surface area contributed by atoms with Crippen molar-refractivity contribution in [3.8, 4) is 17.2 Å². The van der Waals surface area contributed by atoms with Gasteiger partial charge in [-0.1, -0.05) is 11.6 Å². The zero-order valence-corrected chi connectivity index (χ0v) is 15.1. The molecule has 0 aliphatic heterocycles. The van der Waals surface area contributed by atoms with E-state index in [2.05, 4.69) is 10.1 Å². The molecule has 0 atom stereocenters. The van der Waals surface area contributed by atoms with E-state index in [0.29, 0.717) is 0 Å². The van der Waals surface area contributed by atoms with Gasteiger partial charge in [0.2, 0.25) is 0 Å². The van der Waals surface area contributed by atoms with E-state index in [1.807, 2.05) is 0 Å². The normalized spacial score (nSPS) is 10.9. The molecular formula is C17H14ClF3N2O5. The summed E-state index contributed by atoms with van der Waals surface area (Å²) in [5, 5.41) is 2.49. The minimum absolute atomic E-state index is 0.000301. The number of hydrogen-bond acceptors (Lipinski definition) is 5. The summed E-state index contributed by atoms with van der Waals surface area (Å²) < 4.78 is 50.5. The second-order valence-corrected chi connectivity index (χ2v) is 5.68. The summed E-state index contributed by atoms with van der Waals surface area (Å²) in [6.07, 6.45) is -4.81. The Bertz CT molecular complexity index is 872. The second kappa shape index (κ2) is 8.70. The van der Waals surface area contributed by atoms with Gasteiger partial charge in [-0.25, -0.2) is 0 Å². The fourth-order valence-corrected chi connectivity index (χ4v) is 2.34. The number of halogens is 4. The number of nitrogens with one attached hydrogen (secondary N) is 1. The van der Waals surface area contributed by atoms with Crippen LogP contribution in [0.2, 0.25) is 5.02 Å². The summed E-state index contributed by atoms with van der Waals surface area (Å²) in [4.78, 5) is 23.2. The summed E-state index contributed by atoms with van der Waals surface area (Å²) in [6, 6.07) is 7.18. The molecule has 0 heterocycles. The Morgan fingerprint density at radius 2 is 1.82 bits per heavy atom.